The van der Waals surface area contributed by atoms with E-state index in [0.717, 1.165) is 58.6 Å². The Morgan fingerprint density at radius 1 is 1.00 bits per heavy atom. The van der Waals surface area contributed by atoms with Crippen molar-refractivity contribution >= 4 is 34.2 Å². The average molecular weight is 445 g/mol. The molecule has 1 saturated carbocycles. The fourth-order valence-electron chi connectivity index (χ4n) is 5.13. The van der Waals surface area contributed by atoms with Crippen LogP contribution in [0.25, 0.3) is 16.8 Å². The number of allylic oxidation sites excluding steroid dienone is 1. The Balaban J connectivity index is 1.21. The number of aromatic amines is 1. The molecule has 0 amide bonds. The Hall–Kier alpha value is -3.05. The van der Waals surface area contributed by atoms with E-state index in [2.05, 4.69) is 52.9 Å². The van der Waals surface area contributed by atoms with Crippen molar-refractivity contribution in [2.45, 2.75) is 38.3 Å². The van der Waals surface area contributed by atoms with Gasteiger partial charge in [0.05, 0.1) is 41.3 Å². The van der Waals surface area contributed by atoms with Gasteiger partial charge in [0.25, 0.3) is 0 Å². The number of fused-ring (bicyclic) bond motifs is 4. The number of hydrogen-bond acceptors (Lipinski definition) is 4. The maximum Gasteiger partial charge on any atom is 0.127 e. The van der Waals surface area contributed by atoms with Gasteiger partial charge in [0.1, 0.15) is 5.75 Å². The van der Waals surface area contributed by atoms with Crippen LogP contribution in [0.4, 0.5) is 0 Å². The van der Waals surface area contributed by atoms with Crippen molar-refractivity contribution in [1.82, 2.24) is 10.4 Å². The third kappa shape index (κ3) is 3.51. The first-order valence-electron chi connectivity index (χ1n) is 11.3. The van der Waals surface area contributed by atoms with E-state index < -0.39 is 0 Å². The molecule has 0 bridgehead atoms. The van der Waals surface area contributed by atoms with Gasteiger partial charge < -0.3 is 15.1 Å². The zero-order chi connectivity index (χ0) is 21.5. The molecule has 1 fully saturated rings. The first kappa shape index (κ1) is 19.6. The highest BCUT2D eigenvalue weighted by Crippen LogP contribution is 2.33. The molecule has 0 unspecified atom stereocenters. The van der Waals surface area contributed by atoms with Crippen LogP contribution in [0.2, 0.25) is 0 Å². The van der Waals surface area contributed by atoms with Crippen LogP contribution >= 0.6 is 11.6 Å². The van der Waals surface area contributed by atoms with Gasteiger partial charge in [0.2, 0.25) is 0 Å². The maximum absolute atomic E-state index is 6.46. The van der Waals surface area contributed by atoms with Crippen LogP contribution in [-0.2, 0) is 6.54 Å². The average Bonchev–Trinajstić information content (AvgIpc) is 3.06. The van der Waals surface area contributed by atoms with Gasteiger partial charge in [-0.25, -0.2) is 0 Å². The Morgan fingerprint density at radius 3 is 2.75 bits per heavy atom. The Morgan fingerprint density at radius 2 is 1.84 bits per heavy atom. The Kier molecular flexibility index (Phi) is 4.99. The van der Waals surface area contributed by atoms with Crippen LogP contribution in [0.15, 0.2) is 63.7 Å². The van der Waals surface area contributed by atoms with Gasteiger partial charge in [0.15, 0.2) is 0 Å². The lowest BCUT2D eigenvalue weighted by Gasteiger charge is -2.31. The summed E-state index contributed by atoms with van der Waals surface area (Å²) in [6, 6.07) is 14.7. The van der Waals surface area contributed by atoms with E-state index in [4.69, 9.17) is 26.4 Å². The van der Waals surface area contributed by atoms with E-state index in [1.807, 2.05) is 12.2 Å². The van der Waals surface area contributed by atoms with Crippen molar-refractivity contribution in [3.63, 3.8) is 0 Å². The van der Waals surface area contributed by atoms with Crippen LogP contribution < -0.4 is 20.9 Å². The highest BCUT2D eigenvalue weighted by Gasteiger charge is 2.31. The van der Waals surface area contributed by atoms with E-state index in [1.54, 1.807) is 0 Å². The minimum atomic E-state index is 0.237. The summed E-state index contributed by atoms with van der Waals surface area (Å²) in [7, 11) is 0. The molecule has 1 aromatic heterocycles. The number of nitrogens with zero attached hydrogens (tertiary/aromatic N) is 2. The summed E-state index contributed by atoms with van der Waals surface area (Å²) in [4.78, 5) is 8.30. The normalized spacial score (nSPS) is 22.3. The molecule has 162 valence electrons. The Bertz CT molecular complexity index is 1360. The molecule has 3 heterocycles. The van der Waals surface area contributed by atoms with E-state index in [1.165, 1.54) is 16.3 Å². The first-order valence-corrected chi connectivity index (χ1v) is 11.7. The summed E-state index contributed by atoms with van der Waals surface area (Å²) in [6.07, 6.45) is 8.30. The first-order chi connectivity index (χ1) is 15.8. The summed E-state index contributed by atoms with van der Waals surface area (Å²) >= 11 is 6.28. The van der Waals surface area contributed by atoms with Crippen molar-refractivity contribution < 1.29 is 4.74 Å². The van der Waals surface area contributed by atoms with E-state index in [9.17, 15) is 0 Å². The van der Waals surface area contributed by atoms with Gasteiger partial charge in [-0.3, -0.25) is 4.99 Å². The maximum atomic E-state index is 6.46. The molecule has 2 aliphatic heterocycles. The number of hydrogen-bond donors (Lipinski definition) is 2. The predicted molar refractivity (Wildman–Crippen MR) is 129 cm³/mol. The van der Waals surface area contributed by atoms with E-state index >= 15 is 0 Å². The summed E-state index contributed by atoms with van der Waals surface area (Å²) in [5.41, 5.74) is 6.68. The van der Waals surface area contributed by atoms with Crippen LogP contribution in [0, 0.1) is 5.92 Å². The van der Waals surface area contributed by atoms with Crippen molar-refractivity contribution in [2.24, 2.45) is 16.0 Å². The molecular weight excluding hydrogens is 420 g/mol. The fourth-order valence-corrected chi connectivity index (χ4v) is 5.31. The lowest BCUT2D eigenvalue weighted by molar-refractivity contribution is 0.146. The largest absolute Gasteiger partial charge is 0.490 e. The standard InChI is InChI=1S/C26H25ClN4O/c27-18-12-13-28-25-21-15-29-31-24(26(21)30-22(25)14-18)17-8-10-19(11-9-17)32-23-7-3-5-16-4-1-2-6-20(16)23/h1-7,12,14,17,19,29-30H,8-11,13,15H2. The molecule has 5 nitrogen and oxygen atoms in total. The van der Waals surface area contributed by atoms with Crippen LogP contribution in [0.5, 0.6) is 5.75 Å². The number of aromatic nitrogens is 1. The lowest BCUT2D eigenvalue weighted by atomic mass is 9.82. The molecule has 3 aliphatic rings. The second kappa shape index (κ2) is 8.14. The molecule has 6 heteroatoms. The zero-order valence-corrected chi connectivity index (χ0v) is 18.5. The van der Waals surface area contributed by atoms with E-state index in [0.29, 0.717) is 19.0 Å². The quantitative estimate of drug-likeness (QED) is 0.637. The molecule has 0 atom stereocenters. The summed E-state index contributed by atoms with van der Waals surface area (Å²) < 4.78 is 6.46. The number of H-pyrrole nitrogens is 1. The lowest BCUT2D eigenvalue weighted by Crippen LogP contribution is -2.33. The zero-order valence-electron chi connectivity index (χ0n) is 17.8. The van der Waals surface area contributed by atoms with Gasteiger partial charge in [-0.1, -0.05) is 48.0 Å². The third-order valence-corrected chi connectivity index (χ3v) is 7.00. The van der Waals surface area contributed by atoms with Gasteiger partial charge in [-0.2, -0.15) is 5.10 Å². The minimum absolute atomic E-state index is 0.237. The predicted octanol–water partition coefficient (Wildman–Crippen LogP) is 4.15. The van der Waals surface area contributed by atoms with Gasteiger partial charge in [-0.15, -0.1) is 0 Å². The molecule has 32 heavy (non-hydrogen) atoms. The SMILES string of the molecule is ClC1=CCN=c2c3c([nH]c2=C1)C(C1CCC(Oc2cccc4ccccc24)CC1)=NNC3. The number of rotatable bonds is 3. The second-order valence-electron chi connectivity index (χ2n) is 8.72. The molecule has 6 rings (SSSR count). The molecule has 3 aromatic rings. The molecule has 1 aliphatic carbocycles. The number of halogens is 1. The fraction of sp³-hybridized carbons (Fsp3) is 0.308. The van der Waals surface area contributed by atoms with Crippen molar-refractivity contribution in [2.75, 3.05) is 6.54 Å². The van der Waals surface area contributed by atoms with Gasteiger partial charge in [-0.05, 0) is 49.3 Å². The van der Waals surface area contributed by atoms with Crippen molar-refractivity contribution in [3.05, 3.63) is 75.5 Å². The topological polar surface area (TPSA) is 61.8 Å². The molecule has 0 radical (unpaired) electrons. The smallest absolute Gasteiger partial charge is 0.127 e. The molecule has 2 aromatic carbocycles. The number of benzene rings is 2. The summed E-state index contributed by atoms with van der Waals surface area (Å²) in [5.74, 6) is 1.39. The number of ether oxygens (including phenoxy) is 1. The van der Waals surface area contributed by atoms with Crippen molar-refractivity contribution in [1.29, 1.82) is 0 Å². The summed E-state index contributed by atoms with van der Waals surface area (Å²) in [5, 5.41) is 9.85. The van der Waals surface area contributed by atoms with Crippen LogP contribution in [-0.4, -0.2) is 23.3 Å². The van der Waals surface area contributed by atoms with Gasteiger partial charge in [0, 0.05) is 21.9 Å². The summed E-state index contributed by atoms with van der Waals surface area (Å²) in [6.45, 7) is 1.30. The molecule has 2 N–H and O–H groups in total. The van der Waals surface area contributed by atoms with Gasteiger partial charge >= 0.3 is 0 Å². The number of hydrazone groups is 1. The van der Waals surface area contributed by atoms with Crippen LogP contribution in [0.1, 0.15) is 36.9 Å². The molecule has 0 saturated heterocycles. The highest BCUT2D eigenvalue weighted by atomic mass is 35.5. The minimum Gasteiger partial charge on any atom is -0.490 e. The third-order valence-electron chi connectivity index (χ3n) is 6.74. The molecule has 0 spiro atoms. The van der Waals surface area contributed by atoms with Crippen LogP contribution in [0.3, 0.4) is 0 Å². The monoisotopic (exact) mass is 444 g/mol. The highest BCUT2D eigenvalue weighted by molar-refractivity contribution is 6.34. The van der Waals surface area contributed by atoms with Crippen molar-refractivity contribution in [3.8, 4) is 5.75 Å². The van der Waals surface area contributed by atoms with E-state index in [-0.39, 0.29) is 6.10 Å². The number of nitrogens with one attached hydrogen (secondary N) is 2. The second-order valence-corrected chi connectivity index (χ2v) is 9.15. The molecular formula is C26H25ClN4O. The Labute approximate surface area is 191 Å².